The molecule has 0 radical (unpaired) electrons. The molecule has 0 saturated carbocycles. The van der Waals surface area contributed by atoms with Crippen LogP contribution in [0, 0.1) is 0 Å². The highest BCUT2D eigenvalue weighted by Gasteiger charge is 2.13. The molecule has 4 aromatic rings. The van der Waals surface area contributed by atoms with Gasteiger partial charge in [0.05, 0.1) is 0 Å². The fraction of sp³-hybridized carbons (Fsp3) is 0. The highest BCUT2D eigenvalue weighted by atomic mass is 32.3. The van der Waals surface area contributed by atoms with Crippen LogP contribution in [0.5, 0.6) is 5.75 Å². The van der Waals surface area contributed by atoms with Gasteiger partial charge in [0.2, 0.25) is 0 Å². The molecule has 0 saturated heterocycles. The van der Waals surface area contributed by atoms with E-state index >= 15 is 0 Å². The van der Waals surface area contributed by atoms with Crippen molar-refractivity contribution in [2.75, 3.05) is 0 Å². The monoisotopic (exact) mass is 358 g/mol. The lowest BCUT2D eigenvalue weighted by Gasteiger charge is -2.10. The first-order valence-corrected chi connectivity index (χ1v) is 8.39. The minimum Gasteiger partial charge on any atom is -0.361 e. The van der Waals surface area contributed by atoms with Gasteiger partial charge in [0.1, 0.15) is 0 Å². The summed E-state index contributed by atoms with van der Waals surface area (Å²) in [6, 6.07) is 21.0. The summed E-state index contributed by atoms with van der Waals surface area (Å²) in [5.74, 6) is 0.117. The quantitative estimate of drug-likeness (QED) is 0.250. The Morgan fingerprint density at radius 2 is 1.38 bits per heavy atom. The van der Waals surface area contributed by atoms with Crippen LogP contribution in [0.25, 0.3) is 32.3 Å². The van der Waals surface area contributed by atoms with Crippen molar-refractivity contribution in [3.8, 4) is 5.75 Å². The lowest BCUT2D eigenvalue weighted by Crippen LogP contribution is -2.06. The van der Waals surface area contributed by atoms with Crippen molar-refractivity contribution >= 4 is 52.6 Å². The second kappa shape index (κ2) is 6.02. The Morgan fingerprint density at radius 1 is 0.750 bits per heavy atom. The largest absolute Gasteiger partial charge is 0.446 e. The van der Waals surface area contributed by atoms with E-state index in [4.69, 9.17) is 8.74 Å². The van der Waals surface area contributed by atoms with Gasteiger partial charge in [-0.15, -0.1) is 0 Å². The predicted octanol–water partition coefficient (Wildman–Crippen LogP) is 4.39. The molecule has 0 aliphatic carbocycles. The van der Waals surface area contributed by atoms with E-state index in [0.717, 1.165) is 26.9 Å². The molecule has 4 rings (SSSR count). The van der Waals surface area contributed by atoms with Crippen LogP contribution in [0.2, 0.25) is 0 Å². The Hall–Kier alpha value is -2.20. The topological polar surface area (TPSA) is 63.6 Å². The van der Waals surface area contributed by atoms with Crippen molar-refractivity contribution in [2.45, 2.75) is 0 Å². The highest BCUT2D eigenvalue weighted by Crippen LogP contribution is 2.35. The van der Waals surface area contributed by atoms with Gasteiger partial charge in [-0.05, 0) is 45.1 Å². The normalized spacial score (nSPS) is 11.5. The molecule has 0 aliphatic rings. The second-order valence-electron chi connectivity index (χ2n) is 5.35. The summed E-state index contributed by atoms with van der Waals surface area (Å²) < 4.78 is 36.0. The zero-order valence-corrected chi connectivity index (χ0v) is 14.9. The molecule has 1 N–H and O–H groups in total. The first-order chi connectivity index (χ1) is 11.0. The third kappa shape index (κ3) is 2.94. The van der Waals surface area contributed by atoms with Crippen LogP contribution in [0.4, 0.5) is 0 Å². The van der Waals surface area contributed by atoms with Gasteiger partial charge in [0, 0.05) is 5.39 Å². The maximum atomic E-state index is 11.1. The molecule has 0 aliphatic heterocycles. The Kier molecular flexibility index (Phi) is 4.18. The van der Waals surface area contributed by atoms with Crippen LogP contribution in [0.1, 0.15) is 0 Å². The smallest absolute Gasteiger partial charge is 0.361 e. The predicted molar refractivity (Wildman–Crippen MR) is 102 cm³/mol. The van der Waals surface area contributed by atoms with E-state index in [9.17, 15) is 8.42 Å². The number of hydrogen-bond donors (Lipinski definition) is 1. The Labute approximate surface area is 142 Å². The van der Waals surface area contributed by atoms with Gasteiger partial charge in [0.15, 0.2) is 5.75 Å². The molecule has 0 bridgehead atoms. The Bertz CT molecular complexity index is 1170. The van der Waals surface area contributed by atoms with Crippen LogP contribution in [0.15, 0.2) is 66.7 Å². The summed E-state index contributed by atoms with van der Waals surface area (Å²) in [7, 11) is -4.58. The standard InChI is InChI=1S/C18H12O4S.H3P/c19-23(20,21)22-17-7-3-6-12-8-9-15-10-13-4-1-2-5-14(13)11-16(15)18(12)17;/h1-11H,(H,19,20,21);1H3. The molecular weight excluding hydrogens is 343 g/mol. The fourth-order valence-corrected chi connectivity index (χ4v) is 3.32. The van der Waals surface area contributed by atoms with Crippen molar-refractivity contribution in [3.05, 3.63) is 66.7 Å². The lowest BCUT2D eigenvalue weighted by molar-refractivity contribution is 0.388. The van der Waals surface area contributed by atoms with E-state index in [1.165, 1.54) is 6.07 Å². The van der Waals surface area contributed by atoms with Crippen molar-refractivity contribution < 1.29 is 17.2 Å². The maximum Gasteiger partial charge on any atom is 0.446 e. The van der Waals surface area contributed by atoms with Gasteiger partial charge in [-0.25, -0.2) is 0 Å². The maximum absolute atomic E-state index is 11.1. The van der Waals surface area contributed by atoms with E-state index in [0.29, 0.717) is 5.39 Å². The average Bonchev–Trinajstić information content (AvgIpc) is 2.51. The zero-order valence-electron chi connectivity index (χ0n) is 12.6. The minimum atomic E-state index is -4.58. The molecule has 0 amide bonds. The molecule has 0 aromatic heterocycles. The van der Waals surface area contributed by atoms with Crippen molar-refractivity contribution in [1.29, 1.82) is 0 Å². The number of benzene rings is 4. The van der Waals surface area contributed by atoms with Crippen LogP contribution < -0.4 is 4.18 Å². The summed E-state index contributed by atoms with van der Waals surface area (Å²) in [5, 5.41) is 5.51. The average molecular weight is 358 g/mol. The Morgan fingerprint density at radius 3 is 2.08 bits per heavy atom. The molecular formula is C18H15O4PS. The number of fused-ring (bicyclic) bond motifs is 4. The second-order valence-corrected chi connectivity index (χ2v) is 6.37. The minimum absolute atomic E-state index is 0. The van der Waals surface area contributed by atoms with E-state index in [2.05, 4.69) is 0 Å². The van der Waals surface area contributed by atoms with E-state index in [-0.39, 0.29) is 15.6 Å². The molecule has 4 nitrogen and oxygen atoms in total. The molecule has 0 heterocycles. The SMILES string of the molecule is O=S(=O)(O)Oc1cccc2ccc3cc4ccccc4cc3c12.P. The van der Waals surface area contributed by atoms with Gasteiger partial charge >= 0.3 is 10.4 Å². The molecule has 1 unspecified atom stereocenters. The summed E-state index contributed by atoms with van der Waals surface area (Å²) in [4.78, 5) is 0. The van der Waals surface area contributed by atoms with E-state index in [1.807, 2.05) is 54.6 Å². The lowest BCUT2D eigenvalue weighted by atomic mass is 9.98. The first kappa shape index (κ1) is 16.7. The van der Waals surface area contributed by atoms with Crippen molar-refractivity contribution in [3.63, 3.8) is 0 Å². The van der Waals surface area contributed by atoms with Crippen LogP contribution >= 0.6 is 9.90 Å². The fourth-order valence-electron chi connectivity index (χ4n) is 2.95. The van der Waals surface area contributed by atoms with Crippen LogP contribution in [0.3, 0.4) is 0 Å². The number of rotatable bonds is 2. The molecule has 6 heteroatoms. The van der Waals surface area contributed by atoms with Gasteiger partial charge in [-0.1, -0.05) is 48.5 Å². The summed E-state index contributed by atoms with van der Waals surface area (Å²) in [6.07, 6.45) is 0. The zero-order chi connectivity index (χ0) is 16.0. The first-order valence-electron chi connectivity index (χ1n) is 7.02. The van der Waals surface area contributed by atoms with Crippen molar-refractivity contribution in [2.24, 2.45) is 0 Å². The highest BCUT2D eigenvalue weighted by molar-refractivity contribution is 7.81. The van der Waals surface area contributed by atoms with Gasteiger partial charge < -0.3 is 4.18 Å². The molecule has 122 valence electrons. The van der Waals surface area contributed by atoms with Crippen molar-refractivity contribution in [1.82, 2.24) is 0 Å². The number of hydrogen-bond acceptors (Lipinski definition) is 3. The van der Waals surface area contributed by atoms with Crippen LogP contribution in [-0.4, -0.2) is 13.0 Å². The Balaban J connectivity index is 0.00000169. The van der Waals surface area contributed by atoms with E-state index in [1.54, 1.807) is 6.07 Å². The van der Waals surface area contributed by atoms with E-state index < -0.39 is 10.4 Å². The van der Waals surface area contributed by atoms with Crippen LogP contribution in [-0.2, 0) is 10.4 Å². The third-order valence-electron chi connectivity index (χ3n) is 3.88. The molecule has 24 heavy (non-hydrogen) atoms. The molecule has 0 spiro atoms. The van der Waals surface area contributed by atoms with Gasteiger partial charge in [-0.2, -0.15) is 18.3 Å². The third-order valence-corrected chi connectivity index (χ3v) is 4.27. The molecule has 0 fully saturated rings. The van der Waals surface area contributed by atoms with Gasteiger partial charge in [0.25, 0.3) is 0 Å². The summed E-state index contributed by atoms with van der Waals surface area (Å²) in [6.45, 7) is 0. The summed E-state index contributed by atoms with van der Waals surface area (Å²) in [5.41, 5.74) is 0. The van der Waals surface area contributed by atoms with Gasteiger partial charge in [-0.3, -0.25) is 4.55 Å². The summed E-state index contributed by atoms with van der Waals surface area (Å²) >= 11 is 0. The molecule has 4 aromatic carbocycles. The molecule has 1 atom stereocenters.